The summed E-state index contributed by atoms with van der Waals surface area (Å²) < 4.78 is 0. The molecule has 3 nitrogen and oxygen atoms in total. The lowest BCUT2D eigenvalue weighted by Crippen LogP contribution is -2.43. The van der Waals surface area contributed by atoms with Crippen molar-refractivity contribution in [1.82, 2.24) is 9.80 Å². The van der Waals surface area contributed by atoms with E-state index in [2.05, 4.69) is 12.2 Å². The van der Waals surface area contributed by atoms with E-state index in [1.54, 1.807) is 0 Å². The van der Waals surface area contributed by atoms with Crippen LogP contribution >= 0.6 is 0 Å². The molecule has 2 aliphatic heterocycles. The molecule has 0 atom stereocenters. The van der Waals surface area contributed by atoms with Crippen molar-refractivity contribution in [2.75, 3.05) is 26.2 Å². The standard InChI is InChI=1S/C10H16N2O/c13-10(12-8-4-5-9-12)11-6-2-1-3-7-11/h1-2H,3-9H2. The van der Waals surface area contributed by atoms with Crippen molar-refractivity contribution in [2.45, 2.75) is 19.3 Å². The number of hydrogen-bond donors (Lipinski definition) is 0. The maximum absolute atomic E-state index is 11.8. The summed E-state index contributed by atoms with van der Waals surface area (Å²) in [6, 6.07) is 0.238. The Morgan fingerprint density at radius 2 is 1.77 bits per heavy atom. The van der Waals surface area contributed by atoms with Gasteiger partial charge in [0.1, 0.15) is 0 Å². The first-order valence-corrected chi connectivity index (χ1v) is 5.07. The highest BCUT2D eigenvalue weighted by Gasteiger charge is 2.23. The van der Waals surface area contributed by atoms with Crippen molar-refractivity contribution in [3.8, 4) is 0 Å². The second kappa shape index (κ2) is 3.81. The summed E-state index contributed by atoms with van der Waals surface area (Å²) in [6.07, 6.45) is 7.59. The number of carbonyl (C=O) groups is 1. The third kappa shape index (κ3) is 1.85. The van der Waals surface area contributed by atoms with Gasteiger partial charge < -0.3 is 9.80 Å². The Labute approximate surface area is 79.0 Å². The summed E-state index contributed by atoms with van der Waals surface area (Å²) >= 11 is 0. The second-order valence-electron chi connectivity index (χ2n) is 3.68. The van der Waals surface area contributed by atoms with Gasteiger partial charge in [-0.1, -0.05) is 12.2 Å². The van der Waals surface area contributed by atoms with Gasteiger partial charge in [-0.2, -0.15) is 0 Å². The van der Waals surface area contributed by atoms with Gasteiger partial charge in [0.25, 0.3) is 0 Å². The monoisotopic (exact) mass is 180 g/mol. The minimum atomic E-state index is 0.238. The molecule has 0 saturated carbocycles. The molecule has 0 unspecified atom stereocenters. The van der Waals surface area contributed by atoms with Crippen molar-refractivity contribution in [3.63, 3.8) is 0 Å². The van der Waals surface area contributed by atoms with Gasteiger partial charge in [0.05, 0.1) is 0 Å². The van der Waals surface area contributed by atoms with Crippen LogP contribution in [0.15, 0.2) is 12.2 Å². The predicted octanol–water partition coefficient (Wildman–Crippen LogP) is 1.46. The van der Waals surface area contributed by atoms with Crippen molar-refractivity contribution < 1.29 is 4.79 Å². The molecule has 0 N–H and O–H groups in total. The van der Waals surface area contributed by atoms with E-state index in [1.165, 1.54) is 12.8 Å². The quantitative estimate of drug-likeness (QED) is 0.518. The first kappa shape index (κ1) is 8.60. The number of nitrogens with zero attached hydrogens (tertiary/aromatic N) is 2. The van der Waals surface area contributed by atoms with Gasteiger partial charge in [0.2, 0.25) is 0 Å². The van der Waals surface area contributed by atoms with Crippen molar-refractivity contribution >= 4 is 6.03 Å². The maximum Gasteiger partial charge on any atom is 0.320 e. The van der Waals surface area contributed by atoms with Crippen LogP contribution in [0.1, 0.15) is 19.3 Å². The van der Waals surface area contributed by atoms with E-state index in [1.807, 2.05) is 9.80 Å². The van der Waals surface area contributed by atoms with Crippen LogP contribution in [0.3, 0.4) is 0 Å². The van der Waals surface area contributed by atoms with Gasteiger partial charge in [-0.3, -0.25) is 0 Å². The van der Waals surface area contributed by atoms with Crippen molar-refractivity contribution in [2.24, 2.45) is 0 Å². The Kier molecular flexibility index (Phi) is 2.52. The molecule has 2 amide bonds. The minimum absolute atomic E-state index is 0.238. The molecule has 2 aliphatic rings. The van der Waals surface area contributed by atoms with Crippen LogP contribution in [0.4, 0.5) is 4.79 Å². The van der Waals surface area contributed by atoms with E-state index >= 15 is 0 Å². The SMILES string of the molecule is O=C(N1CC=CCC1)N1CCCC1. The summed E-state index contributed by atoms with van der Waals surface area (Å²) in [5, 5.41) is 0. The first-order valence-electron chi connectivity index (χ1n) is 5.07. The molecule has 13 heavy (non-hydrogen) atoms. The molecule has 0 aliphatic carbocycles. The fourth-order valence-electron chi connectivity index (χ4n) is 1.92. The zero-order valence-corrected chi connectivity index (χ0v) is 7.91. The fourth-order valence-corrected chi connectivity index (χ4v) is 1.92. The Morgan fingerprint density at radius 1 is 1.00 bits per heavy atom. The molecule has 1 fully saturated rings. The number of rotatable bonds is 0. The number of likely N-dealkylation sites (tertiary alicyclic amines) is 1. The lowest BCUT2D eigenvalue weighted by Gasteiger charge is -2.28. The highest BCUT2D eigenvalue weighted by atomic mass is 16.2. The summed E-state index contributed by atoms with van der Waals surface area (Å²) in [6.45, 7) is 3.61. The highest BCUT2D eigenvalue weighted by molar-refractivity contribution is 5.75. The van der Waals surface area contributed by atoms with E-state index in [4.69, 9.17) is 0 Å². The highest BCUT2D eigenvalue weighted by Crippen LogP contribution is 2.12. The van der Waals surface area contributed by atoms with E-state index in [0.29, 0.717) is 0 Å². The van der Waals surface area contributed by atoms with Crippen molar-refractivity contribution in [3.05, 3.63) is 12.2 Å². The lowest BCUT2D eigenvalue weighted by molar-refractivity contribution is 0.167. The first-order chi connectivity index (χ1) is 6.38. The van der Waals surface area contributed by atoms with Crippen LogP contribution in [0.25, 0.3) is 0 Å². The van der Waals surface area contributed by atoms with E-state index < -0.39 is 0 Å². The Balaban J connectivity index is 1.91. The van der Waals surface area contributed by atoms with Crippen LogP contribution in [0.5, 0.6) is 0 Å². The Hall–Kier alpha value is -0.990. The minimum Gasteiger partial charge on any atom is -0.325 e. The molecule has 0 aromatic heterocycles. The van der Waals surface area contributed by atoms with Gasteiger partial charge >= 0.3 is 6.03 Å². The topological polar surface area (TPSA) is 23.6 Å². The van der Waals surface area contributed by atoms with Gasteiger partial charge in [-0.05, 0) is 19.3 Å². The lowest BCUT2D eigenvalue weighted by atomic mass is 10.2. The molecule has 2 heterocycles. The second-order valence-corrected chi connectivity index (χ2v) is 3.68. The van der Waals surface area contributed by atoms with Gasteiger partial charge in [0, 0.05) is 26.2 Å². The van der Waals surface area contributed by atoms with Crippen LogP contribution in [0.2, 0.25) is 0 Å². The van der Waals surface area contributed by atoms with Crippen LogP contribution < -0.4 is 0 Å². The van der Waals surface area contributed by atoms with E-state index in [-0.39, 0.29) is 6.03 Å². The summed E-state index contributed by atoms with van der Waals surface area (Å²) in [5.74, 6) is 0. The third-order valence-electron chi connectivity index (χ3n) is 2.71. The van der Waals surface area contributed by atoms with Crippen LogP contribution in [0, 0.1) is 0 Å². The molecule has 0 aromatic rings. The molecule has 0 bridgehead atoms. The zero-order chi connectivity index (χ0) is 9.10. The van der Waals surface area contributed by atoms with Crippen molar-refractivity contribution in [1.29, 1.82) is 0 Å². The Morgan fingerprint density at radius 3 is 2.38 bits per heavy atom. The average molecular weight is 180 g/mol. The molecule has 1 saturated heterocycles. The van der Waals surface area contributed by atoms with Gasteiger partial charge in [-0.15, -0.1) is 0 Å². The largest absolute Gasteiger partial charge is 0.325 e. The smallest absolute Gasteiger partial charge is 0.320 e. The van der Waals surface area contributed by atoms with Crippen LogP contribution in [-0.2, 0) is 0 Å². The van der Waals surface area contributed by atoms with E-state index in [0.717, 1.165) is 32.6 Å². The van der Waals surface area contributed by atoms with Crippen LogP contribution in [-0.4, -0.2) is 42.0 Å². The zero-order valence-electron chi connectivity index (χ0n) is 7.91. The molecule has 2 rings (SSSR count). The van der Waals surface area contributed by atoms with Gasteiger partial charge in [0.15, 0.2) is 0 Å². The molecule has 0 aromatic carbocycles. The number of carbonyl (C=O) groups excluding carboxylic acids is 1. The third-order valence-corrected chi connectivity index (χ3v) is 2.71. The normalized spacial score (nSPS) is 22.5. The molecule has 0 radical (unpaired) electrons. The molecular weight excluding hydrogens is 164 g/mol. The molecular formula is C10H16N2O. The summed E-state index contributed by atoms with van der Waals surface area (Å²) in [5.41, 5.74) is 0. The number of urea groups is 1. The summed E-state index contributed by atoms with van der Waals surface area (Å²) in [7, 11) is 0. The number of amides is 2. The predicted molar refractivity (Wildman–Crippen MR) is 51.5 cm³/mol. The van der Waals surface area contributed by atoms with Gasteiger partial charge in [-0.25, -0.2) is 4.79 Å². The number of hydrogen-bond acceptors (Lipinski definition) is 1. The van der Waals surface area contributed by atoms with E-state index in [9.17, 15) is 4.79 Å². The maximum atomic E-state index is 11.8. The molecule has 3 heteroatoms. The molecule has 72 valence electrons. The average Bonchev–Trinajstić information content (AvgIpc) is 2.71. The Bertz CT molecular complexity index is 219. The fraction of sp³-hybridized carbons (Fsp3) is 0.700. The molecule has 0 spiro atoms. The summed E-state index contributed by atoms with van der Waals surface area (Å²) in [4.78, 5) is 15.7.